The van der Waals surface area contributed by atoms with Gasteiger partial charge in [0.1, 0.15) is 11.0 Å². The maximum atomic E-state index is 11.1. The third kappa shape index (κ3) is 4.09. The van der Waals surface area contributed by atoms with Crippen molar-refractivity contribution in [3.8, 4) is 0 Å². The summed E-state index contributed by atoms with van der Waals surface area (Å²) in [6, 6.07) is 9.90. The van der Waals surface area contributed by atoms with Gasteiger partial charge in [0.25, 0.3) is 0 Å². The number of hydrogen-bond donors (Lipinski definition) is 1. The van der Waals surface area contributed by atoms with Gasteiger partial charge in [0.05, 0.1) is 28.7 Å². The lowest BCUT2D eigenvalue weighted by atomic mass is 9.89. The summed E-state index contributed by atoms with van der Waals surface area (Å²) in [5.74, 6) is 0. The number of halogens is 1. The van der Waals surface area contributed by atoms with E-state index in [4.69, 9.17) is 9.47 Å². The molecule has 1 N–H and O–H groups in total. The number of hydrogen-bond acceptors (Lipinski definition) is 5. The molecule has 0 saturated carbocycles. The number of benzene rings is 1. The zero-order chi connectivity index (χ0) is 14.8. The molecule has 1 aromatic carbocycles. The molecule has 0 bridgehead atoms. The Morgan fingerprint density at radius 1 is 1.50 bits per heavy atom. The maximum Gasteiger partial charge on any atom is 0.367 e. The molecule has 20 heavy (non-hydrogen) atoms. The van der Waals surface area contributed by atoms with Gasteiger partial charge in [0, 0.05) is 11.3 Å². The zero-order valence-electron chi connectivity index (χ0n) is 11.3. The Kier molecular flexibility index (Phi) is 5.33. The predicted molar refractivity (Wildman–Crippen MR) is 86.2 cm³/mol. The van der Waals surface area contributed by atoms with E-state index in [9.17, 15) is 9.90 Å². The highest BCUT2D eigenvalue weighted by Gasteiger charge is 2.46. The normalized spacial score (nSPS) is 33.7. The molecule has 0 aliphatic carbocycles. The van der Waals surface area contributed by atoms with Gasteiger partial charge < -0.3 is 14.6 Å². The summed E-state index contributed by atoms with van der Waals surface area (Å²) in [4.78, 5) is 12.2. The molecule has 0 aromatic heterocycles. The second-order valence-electron chi connectivity index (χ2n) is 5.04. The summed E-state index contributed by atoms with van der Waals surface area (Å²) in [6.07, 6.45) is -0.580. The average molecular weight is 408 g/mol. The highest BCUT2D eigenvalue weighted by molar-refractivity contribution is 14.1. The maximum absolute atomic E-state index is 11.1. The molecular formula is C14H17IO4S. The second kappa shape index (κ2) is 6.64. The van der Waals surface area contributed by atoms with Crippen LogP contribution in [0.5, 0.6) is 0 Å². The Balaban J connectivity index is 2.05. The largest absolute Gasteiger partial charge is 0.449 e. The van der Waals surface area contributed by atoms with Crippen molar-refractivity contribution in [1.82, 2.24) is 0 Å². The summed E-state index contributed by atoms with van der Waals surface area (Å²) in [5, 5.41) is 10.5. The molecule has 110 valence electrons. The van der Waals surface area contributed by atoms with Crippen molar-refractivity contribution in [3.05, 3.63) is 30.3 Å². The van der Waals surface area contributed by atoms with Crippen molar-refractivity contribution in [2.24, 2.45) is 0 Å². The van der Waals surface area contributed by atoms with Crippen molar-refractivity contribution < 1.29 is 19.4 Å². The lowest BCUT2D eigenvalue weighted by Crippen LogP contribution is -2.55. The number of aliphatic hydroxyl groups is 1. The molecule has 0 radical (unpaired) electrons. The van der Waals surface area contributed by atoms with Crippen LogP contribution >= 0.6 is 34.4 Å². The van der Waals surface area contributed by atoms with Crippen LogP contribution in [-0.4, -0.2) is 32.3 Å². The number of rotatable bonds is 3. The summed E-state index contributed by atoms with van der Waals surface area (Å²) >= 11 is 3.13. The Morgan fingerprint density at radius 2 is 2.15 bits per heavy atom. The van der Waals surface area contributed by atoms with E-state index in [2.05, 4.69) is 0 Å². The highest BCUT2D eigenvalue weighted by Crippen LogP contribution is 2.38. The van der Waals surface area contributed by atoms with Crippen LogP contribution in [0.3, 0.4) is 0 Å². The second-order valence-corrected chi connectivity index (χ2v) is 7.15. The third-order valence-electron chi connectivity index (χ3n) is 3.22. The zero-order valence-corrected chi connectivity index (χ0v) is 14.3. The Morgan fingerprint density at radius 3 is 2.70 bits per heavy atom. The number of carbonyl (C=O) groups excluding carboxylic acids is 1. The van der Waals surface area contributed by atoms with Crippen LogP contribution in [0.1, 0.15) is 20.3 Å². The summed E-state index contributed by atoms with van der Waals surface area (Å²) < 4.78 is 10.6. The fourth-order valence-electron chi connectivity index (χ4n) is 2.36. The standard InChI is InChI=1S/C14H17IO4S/c1-9-12(19-13(15)16)14(2,17)8-11(18-9)20-10-6-4-3-5-7-10/h3-7,9,11-12,17H,8H2,1-2H3. The van der Waals surface area contributed by atoms with E-state index >= 15 is 0 Å². The van der Waals surface area contributed by atoms with Crippen molar-refractivity contribution in [3.63, 3.8) is 0 Å². The van der Waals surface area contributed by atoms with Crippen LogP contribution in [0, 0.1) is 0 Å². The third-order valence-corrected chi connectivity index (χ3v) is 4.56. The lowest BCUT2D eigenvalue weighted by Gasteiger charge is -2.43. The molecule has 2 rings (SSSR count). The summed E-state index contributed by atoms with van der Waals surface area (Å²) in [7, 11) is 0. The highest BCUT2D eigenvalue weighted by atomic mass is 127. The Hall–Kier alpha value is -0.310. The van der Waals surface area contributed by atoms with Gasteiger partial charge in [-0.25, -0.2) is 4.79 Å². The first-order chi connectivity index (χ1) is 9.38. The van der Waals surface area contributed by atoms with Crippen LogP contribution in [0.15, 0.2) is 35.2 Å². The van der Waals surface area contributed by atoms with E-state index in [0.29, 0.717) is 6.42 Å². The minimum atomic E-state index is -1.09. The topological polar surface area (TPSA) is 55.8 Å². The first-order valence-corrected chi connectivity index (χ1v) is 8.30. The first-order valence-electron chi connectivity index (χ1n) is 6.34. The molecule has 6 heteroatoms. The molecule has 1 aromatic rings. The van der Waals surface area contributed by atoms with E-state index in [0.717, 1.165) is 4.90 Å². The summed E-state index contributed by atoms with van der Waals surface area (Å²) in [5.41, 5.74) is -1.25. The molecule has 1 aliphatic rings. The smallest absolute Gasteiger partial charge is 0.367 e. The van der Waals surface area contributed by atoms with Crippen LogP contribution in [-0.2, 0) is 9.47 Å². The molecule has 1 saturated heterocycles. The molecule has 4 atom stereocenters. The molecule has 1 aliphatic heterocycles. The molecule has 4 unspecified atom stereocenters. The molecule has 4 nitrogen and oxygen atoms in total. The minimum Gasteiger partial charge on any atom is -0.449 e. The molecule has 0 spiro atoms. The van der Waals surface area contributed by atoms with Gasteiger partial charge in [-0.1, -0.05) is 30.0 Å². The van der Waals surface area contributed by atoms with Gasteiger partial charge >= 0.3 is 3.98 Å². The van der Waals surface area contributed by atoms with Gasteiger partial charge in [-0.05, 0) is 26.0 Å². The van der Waals surface area contributed by atoms with Crippen molar-refractivity contribution in [2.75, 3.05) is 0 Å². The van der Waals surface area contributed by atoms with Gasteiger partial charge in [-0.15, -0.1) is 0 Å². The average Bonchev–Trinajstić information content (AvgIpc) is 2.34. The molecule has 1 heterocycles. The van der Waals surface area contributed by atoms with Crippen molar-refractivity contribution in [1.29, 1.82) is 0 Å². The minimum absolute atomic E-state index is 0.161. The number of carbonyl (C=O) groups is 1. The Labute approximate surface area is 136 Å². The van der Waals surface area contributed by atoms with Gasteiger partial charge in [-0.2, -0.15) is 0 Å². The van der Waals surface area contributed by atoms with E-state index < -0.39 is 15.7 Å². The summed E-state index contributed by atoms with van der Waals surface area (Å²) in [6.45, 7) is 3.51. The molecule has 1 fully saturated rings. The van der Waals surface area contributed by atoms with Crippen LogP contribution in [0.4, 0.5) is 4.79 Å². The van der Waals surface area contributed by atoms with Crippen molar-refractivity contribution in [2.45, 2.75) is 48.4 Å². The fraction of sp³-hybridized carbons (Fsp3) is 0.500. The van der Waals surface area contributed by atoms with Crippen molar-refractivity contribution >= 4 is 38.3 Å². The van der Waals surface area contributed by atoms with E-state index in [1.54, 1.807) is 41.3 Å². The number of ether oxygens (including phenoxy) is 2. The van der Waals surface area contributed by atoms with Crippen LogP contribution in [0.2, 0.25) is 0 Å². The predicted octanol–water partition coefficient (Wildman–Crippen LogP) is 3.60. The first kappa shape index (κ1) is 16.1. The number of thioether (sulfide) groups is 1. The monoisotopic (exact) mass is 408 g/mol. The Bertz CT molecular complexity index is 466. The molecular weight excluding hydrogens is 391 g/mol. The van der Waals surface area contributed by atoms with Crippen LogP contribution in [0.25, 0.3) is 0 Å². The van der Waals surface area contributed by atoms with E-state index in [1.807, 2.05) is 37.3 Å². The van der Waals surface area contributed by atoms with Crippen LogP contribution < -0.4 is 0 Å². The van der Waals surface area contributed by atoms with Gasteiger partial charge in [-0.3, -0.25) is 0 Å². The SMILES string of the molecule is CC1OC(Sc2ccccc2)CC(C)(O)C1OC(=O)I. The van der Waals surface area contributed by atoms with E-state index in [1.165, 1.54) is 0 Å². The van der Waals surface area contributed by atoms with Gasteiger partial charge in [0.15, 0.2) is 6.10 Å². The van der Waals surface area contributed by atoms with Gasteiger partial charge in [0.2, 0.25) is 0 Å². The van der Waals surface area contributed by atoms with E-state index in [-0.39, 0.29) is 11.5 Å². The quantitative estimate of drug-likeness (QED) is 0.612. The molecule has 0 amide bonds. The fourth-order valence-corrected chi connectivity index (χ4v) is 3.90. The lowest BCUT2D eigenvalue weighted by molar-refractivity contribution is -0.180.